The molecule has 0 aromatic rings. The fourth-order valence-electron chi connectivity index (χ4n) is 2.47. The quantitative estimate of drug-likeness (QED) is 0.693. The van der Waals surface area contributed by atoms with Crippen molar-refractivity contribution in [3.05, 3.63) is 0 Å². The second kappa shape index (κ2) is 6.38. The van der Waals surface area contributed by atoms with Crippen molar-refractivity contribution in [1.29, 1.82) is 0 Å². The molecule has 2 atom stereocenters. The largest absolute Gasteiger partial charge is 0.395 e. The summed E-state index contributed by atoms with van der Waals surface area (Å²) in [5.41, 5.74) is 0. The summed E-state index contributed by atoms with van der Waals surface area (Å²) in [6.45, 7) is 4.11. The molecule has 1 aliphatic rings. The number of rotatable bonds is 5. The maximum Gasteiger partial charge on any atom is 0.0558 e. The number of nitrogens with zero attached hydrogens (tertiary/aromatic N) is 1. The third-order valence-electron chi connectivity index (χ3n) is 3.20. The standard InChI is InChI=1S/C11H23NO2/c1-10-3-2-4-11(9-10)12(5-7-13)6-8-14/h10-11,13-14H,2-9H2,1H3/t10-,11-/m0/s1. The number of aliphatic hydroxyl groups excluding tert-OH is 2. The number of hydrogen-bond donors (Lipinski definition) is 2. The second-order valence-corrected chi connectivity index (χ2v) is 4.41. The second-order valence-electron chi connectivity index (χ2n) is 4.41. The van der Waals surface area contributed by atoms with Gasteiger partial charge in [-0.2, -0.15) is 0 Å². The predicted octanol–water partition coefficient (Wildman–Crippen LogP) is 0.852. The molecule has 0 heterocycles. The van der Waals surface area contributed by atoms with Gasteiger partial charge in [0, 0.05) is 19.1 Å². The van der Waals surface area contributed by atoms with Gasteiger partial charge in [-0.1, -0.05) is 19.8 Å². The highest BCUT2D eigenvalue weighted by molar-refractivity contribution is 4.78. The molecule has 1 rings (SSSR count). The Kier molecular flexibility index (Phi) is 5.45. The van der Waals surface area contributed by atoms with Crippen LogP contribution in [0.5, 0.6) is 0 Å². The molecule has 0 amide bonds. The summed E-state index contributed by atoms with van der Waals surface area (Å²) in [6.07, 6.45) is 5.08. The highest BCUT2D eigenvalue weighted by atomic mass is 16.3. The van der Waals surface area contributed by atoms with Crippen LogP contribution in [0.15, 0.2) is 0 Å². The van der Waals surface area contributed by atoms with Gasteiger partial charge in [-0.3, -0.25) is 4.90 Å². The minimum absolute atomic E-state index is 0.199. The Hall–Kier alpha value is -0.120. The molecule has 0 saturated heterocycles. The van der Waals surface area contributed by atoms with E-state index in [0.717, 1.165) is 5.92 Å². The Labute approximate surface area is 86.7 Å². The van der Waals surface area contributed by atoms with Gasteiger partial charge in [-0.25, -0.2) is 0 Å². The Bertz CT molecular complexity index is 143. The van der Waals surface area contributed by atoms with Gasteiger partial charge in [0.2, 0.25) is 0 Å². The van der Waals surface area contributed by atoms with Crippen LogP contribution in [0.3, 0.4) is 0 Å². The van der Waals surface area contributed by atoms with Crippen LogP contribution in [0.25, 0.3) is 0 Å². The minimum Gasteiger partial charge on any atom is -0.395 e. The summed E-state index contributed by atoms with van der Waals surface area (Å²) in [5, 5.41) is 17.9. The molecule has 1 aliphatic carbocycles. The van der Waals surface area contributed by atoms with Gasteiger partial charge in [-0.15, -0.1) is 0 Å². The number of hydrogen-bond acceptors (Lipinski definition) is 3. The van der Waals surface area contributed by atoms with E-state index in [4.69, 9.17) is 10.2 Å². The van der Waals surface area contributed by atoms with Crippen molar-refractivity contribution >= 4 is 0 Å². The van der Waals surface area contributed by atoms with E-state index in [2.05, 4.69) is 11.8 Å². The lowest BCUT2D eigenvalue weighted by Gasteiger charge is -2.36. The SMILES string of the molecule is C[C@H]1CCC[C@H](N(CCO)CCO)C1. The molecule has 0 aliphatic heterocycles. The smallest absolute Gasteiger partial charge is 0.0558 e. The zero-order chi connectivity index (χ0) is 10.4. The van der Waals surface area contributed by atoms with Crippen molar-refractivity contribution in [1.82, 2.24) is 4.90 Å². The van der Waals surface area contributed by atoms with Crippen LogP contribution in [0.2, 0.25) is 0 Å². The Morgan fingerprint density at radius 2 is 1.79 bits per heavy atom. The summed E-state index contributed by atoms with van der Waals surface area (Å²) in [4.78, 5) is 2.23. The predicted molar refractivity (Wildman–Crippen MR) is 57.2 cm³/mol. The Morgan fingerprint density at radius 3 is 2.29 bits per heavy atom. The summed E-state index contributed by atoms with van der Waals surface area (Å²) >= 11 is 0. The zero-order valence-corrected chi connectivity index (χ0v) is 9.15. The van der Waals surface area contributed by atoms with E-state index in [0.29, 0.717) is 19.1 Å². The van der Waals surface area contributed by atoms with Crippen LogP contribution in [0.1, 0.15) is 32.6 Å². The first-order valence-electron chi connectivity index (χ1n) is 5.73. The lowest BCUT2D eigenvalue weighted by atomic mass is 9.86. The first kappa shape index (κ1) is 12.0. The first-order chi connectivity index (χ1) is 6.77. The average Bonchev–Trinajstić information content (AvgIpc) is 2.17. The van der Waals surface area contributed by atoms with E-state index in [1.807, 2.05) is 0 Å². The molecular formula is C11H23NO2. The van der Waals surface area contributed by atoms with Gasteiger partial charge in [0.1, 0.15) is 0 Å². The van der Waals surface area contributed by atoms with Gasteiger partial charge in [0.05, 0.1) is 13.2 Å². The van der Waals surface area contributed by atoms with E-state index >= 15 is 0 Å². The van der Waals surface area contributed by atoms with Gasteiger partial charge in [0.15, 0.2) is 0 Å². The molecule has 0 aromatic carbocycles. The average molecular weight is 201 g/mol. The third kappa shape index (κ3) is 3.56. The molecule has 1 saturated carbocycles. The van der Waals surface area contributed by atoms with Crippen molar-refractivity contribution in [2.75, 3.05) is 26.3 Å². The van der Waals surface area contributed by atoms with E-state index in [9.17, 15) is 0 Å². The normalized spacial score (nSPS) is 28.3. The maximum atomic E-state index is 8.94. The molecule has 3 nitrogen and oxygen atoms in total. The Balaban J connectivity index is 2.39. The molecule has 0 radical (unpaired) electrons. The topological polar surface area (TPSA) is 43.7 Å². The lowest BCUT2D eigenvalue weighted by molar-refractivity contribution is 0.0891. The van der Waals surface area contributed by atoms with Gasteiger partial charge < -0.3 is 10.2 Å². The van der Waals surface area contributed by atoms with Crippen molar-refractivity contribution in [3.63, 3.8) is 0 Å². The van der Waals surface area contributed by atoms with E-state index in [1.165, 1.54) is 25.7 Å². The van der Waals surface area contributed by atoms with Crippen LogP contribution in [-0.4, -0.2) is 47.5 Å². The molecular weight excluding hydrogens is 178 g/mol. The van der Waals surface area contributed by atoms with E-state index in [1.54, 1.807) is 0 Å². The summed E-state index contributed by atoms with van der Waals surface area (Å²) in [5.74, 6) is 0.800. The molecule has 14 heavy (non-hydrogen) atoms. The van der Waals surface area contributed by atoms with Crippen LogP contribution >= 0.6 is 0 Å². The maximum absolute atomic E-state index is 8.94. The van der Waals surface area contributed by atoms with Crippen LogP contribution in [0.4, 0.5) is 0 Å². The van der Waals surface area contributed by atoms with E-state index in [-0.39, 0.29) is 13.2 Å². The van der Waals surface area contributed by atoms with Gasteiger partial charge in [0.25, 0.3) is 0 Å². The number of aliphatic hydroxyl groups is 2. The third-order valence-corrected chi connectivity index (χ3v) is 3.20. The van der Waals surface area contributed by atoms with Crippen LogP contribution < -0.4 is 0 Å². The monoisotopic (exact) mass is 201 g/mol. The highest BCUT2D eigenvalue weighted by Gasteiger charge is 2.23. The molecule has 0 aromatic heterocycles. The van der Waals surface area contributed by atoms with Crippen molar-refractivity contribution in [2.45, 2.75) is 38.6 Å². The minimum atomic E-state index is 0.199. The van der Waals surface area contributed by atoms with Gasteiger partial charge >= 0.3 is 0 Å². The summed E-state index contributed by atoms with van der Waals surface area (Å²) < 4.78 is 0. The van der Waals surface area contributed by atoms with Crippen LogP contribution in [-0.2, 0) is 0 Å². The molecule has 0 bridgehead atoms. The molecule has 0 spiro atoms. The summed E-state index contributed by atoms with van der Waals surface area (Å²) in [6, 6.07) is 0.582. The molecule has 2 N–H and O–H groups in total. The molecule has 84 valence electrons. The first-order valence-corrected chi connectivity index (χ1v) is 5.73. The Morgan fingerprint density at radius 1 is 1.14 bits per heavy atom. The van der Waals surface area contributed by atoms with Crippen LogP contribution in [0, 0.1) is 5.92 Å². The van der Waals surface area contributed by atoms with Crippen molar-refractivity contribution < 1.29 is 10.2 Å². The lowest BCUT2D eigenvalue weighted by Crippen LogP contribution is -2.41. The van der Waals surface area contributed by atoms with E-state index < -0.39 is 0 Å². The molecule has 3 heteroatoms. The molecule has 0 unspecified atom stereocenters. The zero-order valence-electron chi connectivity index (χ0n) is 9.15. The fraction of sp³-hybridized carbons (Fsp3) is 1.00. The fourth-order valence-corrected chi connectivity index (χ4v) is 2.47. The van der Waals surface area contributed by atoms with Crippen molar-refractivity contribution in [3.8, 4) is 0 Å². The van der Waals surface area contributed by atoms with Gasteiger partial charge in [-0.05, 0) is 18.8 Å². The van der Waals surface area contributed by atoms with Crippen molar-refractivity contribution in [2.24, 2.45) is 5.92 Å². The highest BCUT2D eigenvalue weighted by Crippen LogP contribution is 2.26. The summed E-state index contributed by atoms with van der Waals surface area (Å²) in [7, 11) is 0. The molecule has 1 fully saturated rings.